The monoisotopic (exact) mass is 344 g/mol. The number of carbonyl (C=O) groups excluding carboxylic acids is 1. The summed E-state index contributed by atoms with van der Waals surface area (Å²) >= 11 is 5.81. The molecular weight excluding hydrogens is 328 g/mol. The molecule has 24 heavy (non-hydrogen) atoms. The molecule has 0 spiro atoms. The van der Waals surface area contributed by atoms with E-state index in [0.717, 1.165) is 5.56 Å². The molecule has 0 atom stereocenters. The maximum Gasteiger partial charge on any atom is 0.303 e. The van der Waals surface area contributed by atoms with Gasteiger partial charge in [-0.1, -0.05) is 29.8 Å². The maximum absolute atomic E-state index is 12.1. The van der Waals surface area contributed by atoms with Crippen molar-refractivity contribution in [2.75, 3.05) is 6.61 Å². The van der Waals surface area contributed by atoms with E-state index in [1.165, 1.54) is 6.08 Å². The molecule has 0 radical (unpaired) electrons. The van der Waals surface area contributed by atoms with Crippen LogP contribution in [0.15, 0.2) is 54.6 Å². The molecular formula is C19H17ClO4. The molecule has 0 saturated heterocycles. The molecule has 0 fully saturated rings. The molecule has 0 aliphatic rings. The van der Waals surface area contributed by atoms with E-state index in [2.05, 4.69) is 0 Å². The Bertz CT molecular complexity index is 718. The highest BCUT2D eigenvalue weighted by atomic mass is 35.5. The van der Waals surface area contributed by atoms with Crippen LogP contribution in [0.3, 0.4) is 0 Å². The Morgan fingerprint density at radius 2 is 1.71 bits per heavy atom. The van der Waals surface area contributed by atoms with Crippen LogP contribution in [-0.4, -0.2) is 23.5 Å². The highest BCUT2D eigenvalue weighted by Crippen LogP contribution is 2.15. The molecule has 0 aliphatic heterocycles. The number of carbonyl (C=O) groups is 2. The quantitative estimate of drug-likeness (QED) is 0.435. The third-order valence-electron chi connectivity index (χ3n) is 3.24. The summed E-state index contributed by atoms with van der Waals surface area (Å²) in [5, 5.41) is 9.20. The Morgan fingerprint density at radius 1 is 1.04 bits per heavy atom. The first-order valence-electron chi connectivity index (χ1n) is 7.47. The van der Waals surface area contributed by atoms with Gasteiger partial charge in [-0.3, -0.25) is 9.59 Å². The highest BCUT2D eigenvalue weighted by molar-refractivity contribution is 6.30. The Balaban J connectivity index is 1.88. The molecule has 2 aromatic carbocycles. The third-order valence-corrected chi connectivity index (χ3v) is 3.49. The number of aliphatic carboxylic acids is 1. The van der Waals surface area contributed by atoms with E-state index in [9.17, 15) is 9.59 Å². The van der Waals surface area contributed by atoms with Crippen molar-refractivity contribution in [1.29, 1.82) is 0 Å². The van der Waals surface area contributed by atoms with Gasteiger partial charge in [0.2, 0.25) is 0 Å². The van der Waals surface area contributed by atoms with Crippen molar-refractivity contribution in [3.63, 3.8) is 0 Å². The minimum atomic E-state index is -0.841. The second kappa shape index (κ2) is 8.89. The van der Waals surface area contributed by atoms with Crippen molar-refractivity contribution < 1.29 is 19.4 Å². The summed E-state index contributed by atoms with van der Waals surface area (Å²) in [4.78, 5) is 22.5. The number of rotatable bonds is 8. The number of hydrogen-bond acceptors (Lipinski definition) is 3. The fourth-order valence-corrected chi connectivity index (χ4v) is 2.10. The fraction of sp³-hybridized carbons (Fsp3) is 0.158. The Labute approximate surface area is 145 Å². The Kier molecular flexibility index (Phi) is 6.58. The van der Waals surface area contributed by atoms with E-state index in [4.69, 9.17) is 21.4 Å². The maximum atomic E-state index is 12.1. The summed E-state index contributed by atoms with van der Waals surface area (Å²) in [7, 11) is 0. The van der Waals surface area contributed by atoms with Crippen molar-refractivity contribution in [1.82, 2.24) is 0 Å². The number of hydrogen-bond donors (Lipinski definition) is 1. The van der Waals surface area contributed by atoms with Gasteiger partial charge in [-0.05, 0) is 54.5 Å². The van der Waals surface area contributed by atoms with Gasteiger partial charge in [0.1, 0.15) is 5.75 Å². The van der Waals surface area contributed by atoms with Gasteiger partial charge < -0.3 is 9.84 Å². The van der Waals surface area contributed by atoms with Gasteiger partial charge in [0.15, 0.2) is 5.78 Å². The Morgan fingerprint density at radius 3 is 2.33 bits per heavy atom. The molecule has 0 unspecified atom stereocenters. The third kappa shape index (κ3) is 5.89. The minimum Gasteiger partial charge on any atom is -0.494 e. The summed E-state index contributed by atoms with van der Waals surface area (Å²) < 4.78 is 5.43. The topological polar surface area (TPSA) is 63.6 Å². The number of ketones is 1. The number of allylic oxidation sites excluding steroid dienone is 1. The first-order valence-corrected chi connectivity index (χ1v) is 7.85. The number of benzene rings is 2. The van der Waals surface area contributed by atoms with E-state index in [0.29, 0.717) is 29.4 Å². The van der Waals surface area contributed by atoms with Crippen LogP contribution in [0.4, 0.5) is 0 Å². The zero-order valence-corrected chi connectivity index (χ0v) is 13.7. The predicted octanol–water partition coefficient (Wildman–Crippen LogP) is 4.48. The van der Waals surface area contributed by atoms with Gasteiger partial charge in [0, 0.05) is 17.0 Å². The normalized spacial score (nSPS) is 10.7. The lowest BCUT2D eigenvalue weighted by atomic mass is 10.1. The van der Waals surface area contributed by atoms with Gasteiger partial charge >= 0.3 is 5.97 Å². The lowest BCUT2D eigenvalue weighted by Gasteiger charge is -2.05. The standard InChI is InChI=1S/C19H17ClO4/c20-16-8-3-14(4-9-16)5-12-18(21)15-6-10-17(11-7-15)24-13-1-2-19(22)23/h3-12H,1-2,13H2,(H,22,23)/b12-5+. The molecule has 4 nitrogen and oxygen atoms in total. The van der Waals surface area contributed by atoms with E-state index in [1.54, 1.807) is 42.5 Å². The van der Waals surface area contributed by atoms with E-state index in [1.807, 2.05) is 12.1 Å². The molecule has 0 saturated carbocycles. The summed E-state index contributed by atoms with van der Waals surface area (Å²) in [6, 6.07) is 14.0. The molecule has 0 amide bonds. The summed E-state index contributed by atoms with van der Waals surface area (Å²) in [6.45, 7) is 0.329. The summed E-state index contributed by atoms with van der Waals surface area (Å²) in [6.07, 6.45) is 3.76. The van der Waals surface area contributed by atoms with Gasteiger partial charge in [0.25, 0.3) is 0 Å². The molecule has 0 aromatic heterocycles. The average molecular weight is 345 g/mol. The molecule has 0 heterocycles. The van der Waals surface area contributed by atoms with Crippen LogP contribution in [0, 0.1) is 0 Å². The van der Waals surface area contributed by atoms with Crippen molar-refractivity contribution in [2.24, 2.45) is 0 Å². The number of carboxylic acid groups (broad SMARTS) is 1. The van der Waals surface area contributed by atoms with Crippen molar-refractivity contribution in [3.05, 3.63) is 70.8 Å². The van der Waals surface area contributed by atoms with Crippen LogP contribution >= 0.6 is 11.6 Å². The van der Waals surface area contributed by atoms with Crippen molar-refractivity contribution in [3.8, 4) is 5.75 Å². The molecule has 2 aromatic rings. The molecule has 0 bridgehead atoms. The smallest absolute Gasteiger partial charge is 0.303 e. The van der Waals surface area contributed by atoms with E-state index < -0.39 is 5.97 Å². The van der Waals surface area contributed by atoms with Gasteiger partial charge in [-0.2, -0.15) is 0 Å². The van der Waals surface area contributed by atoms with Crippen LogP contribution in [0.25, 0.3) is 6.08 Å². The number of carboxylic acids is 1. The lowest BCUT2D eigenvalue weighted by molar-refractivity contribution is -0.137. The van der Waals surface area contributed by atoms with Gasteiger partial charge in [-0.15, -0.1) is 0 Å². The molecule has 5 heteroatoms. The Hall–Kier alpha value is -2.59. The highest BCUT2D eigenvalue weighted by Gasteiger charge is 2.03. The molecule has 124 valence electrons. The van der Waals surface area contributed by atoms with Crippen LogP contribution < -0.4 is 4.74 Å². The summed E-state index contributed by atoms with van der Waals surface area (Å²) in [5.74, 6) is -0.340. The lowest BCUT2D eigenvalue weighted by Crippen LogP contribution is -2.02. The first-order chi connectivity index (χ1) is 11.5. The average Bonchev–Trinajstić information content (AvgIpc) is 2.58. The van der Waals surface area contributed by atoms with Crippen molar-refractivity contribution >= 4 is 29.4 Å². The molecule has 2 rings (SSSR count). The van der Waals surface area contributed by atoms with Gasteiger partial charge in [-0.25, -0.2) is 0 Å². The SMILES string of the molecule is O=C(O)CCCOc1ccc(C(=O)/C=C/c2ccc(Cl)cc2)cc1. The van der Waals surface area contributed by atoms with Crippen LogP contribution in [-0.2, 0) is 4.79 Å². The summed E-state index contributed by atoms with van der Waals surface area (Å²) in [5.41, 5.74) is 1.45. The number of ether oxygens (including phenoxy) is 1. The van der Waals surface area contributed by atoms with Crippen LogP contribution in [0.2, 0.25) is 5.02 Å². The fourth-order valence-electron chi connectivity index (χ4n) is 1.97. The van der Waals surface area contributed by atoms with Gasteiger partial charge in [0.05, 0.1) is 6.61 Å². The predicted molar refractivity (Wildman–Crippen MR) is 93.6 cm³/mol. The number of halogens is 1. The van der Waals surface area contributed by atoms with Crippen LogP contribution in [0.5, 0.6) is 5.75 Å². The zero-order chi connectivity index (χ0) is 17.4. The minimum absolute atomic E-state index is 0.0755. The molecule has 1 N–H and O–H groups in total. The second-order valence-corrected chi connectivity index (χ2v) is 5.56. The first kappa shape index (κ1) is 17.8. The van der Waals surface area contributed by atoms with Crippen LogP contribution in [0.1, 0.15) is 28.8 Å². The largest absolute Gasteiger partial charge is 0.494 e. The molecule has 0 aliphatic carbocycles. The van der Waals surface area contributed by atoms with E-state index >= 15 is 0 Å². The second-order valence-electron chi connectivity index (χ2n) is 5.12. The zero-order valence-electron chi connectivity index (χ0n) is 12.9. The van der Waals surface area contributed by atoms with Crippen molar-refractivity contribution in [2.45, 2.75) is 12.8 Å². The van der Waals surface area contributed by atoms with E-state index in [-0.39, 0.29) is 12.2 Å².